The van der Waals surface area contributed by atoms with E-state index in [0.717, 1.165) is 6.04 Å². The van der Waals surface area contributed by atoms with Crippen molar-refractivity contribution in [2.24, 2.45) is 0 Å². The zero-order chi connectivity index (χ0) is 17.6. The second-order valence-electron chi connectivity index (χ2n) is 6.85. The van der Waals surface area contributed by atoms with Gasteiger partial charge < -0.3 is 14.8 Å². The lowest BCUT2D eigenvalue weighted by Crippen LogP contribution is -2.22. The van der Waals surface area contributed by atoms with Crippen molar-refractivity contribution in [1.82, 2.24) is 0 Å². The predicted octanol–water partition coefficient (Wildman–Crippen LogP) is 5.10. The molecule has 0 aromatic heterocycles. The van der Waals surface area contributed by atoms with E-state index in [1.165, 1.54) is 6.07 Å². The molecule has 0 atom stereocenters. The molecule has 7 heteroatoms. The van der Waals surface area contributed by atoms with E-state index < -0.39 is 13.9 Å². The van der Waals surface area contributed by atoms with Crippen molar-refractivity contribution in [2.75, 3.05) is 18.7 Å². The van der Waals surface area contributed by atoms with Gasteiger partial charge in [0.1, 0.15) is 10.4 Å². The fourth-order valence-corrected chi connectivity index (χ4v) is 3.01. The van der Waals surface area contributed by atoms with Gasteiger partial charge in [0.05, 0.1) is 6.10 Å². The van der Waals surface area contributed by atoms with Gasteiger partial charge in [-0.25, -0.2) is 4.39 Å². The molecule has 0 radical (unpaired) electrons. The second-order valence-corrected chi connectivity index (χ2v) is 13.5. The van der Waals surface area contributed by atoms with Crippen molar-refractivity contribution in [3.05, 3.63) is 23.5 Å². The molecule has 0 amide bonds. The summed E-state index contributed by atoms with van der Waals surface area (Å²) in [6, 6.07) is 4.01. The van der Waals surface area contributed by atoms with E-state index in [2.05, 4.69) is 25.0 Å². The Morgan fingerprint density at radius 1 is 1.35 bits per heavy atom. The minimum absolute atomic E-state index is 0.121. The Balaban J connectivity index is 2.74. The van der Waals surface area contributed by atoms with Crippen molar-refractivity contribution in [3.63, 3.8) is 0 Å². The molecular weight excluding hydrogens is 426 g/mol. The van der Waals surface area contributed by atoms with Crippen molar-refractivity contribution in [1.29, 1.82) is 5.41 Å². The van der Waals surface area contributed by atoms with Crippen LogP contribution in [0.15, 0.2) is 12.1 Å². The summed E-state index contributed by atoms with van der Waals surface area (Å²) in [7, 11) is -1.11. The first-order valence-corrected chi connectivity index (χ1v) is 12.4. The summed E-state index contributed by atoms with van der Waals surface area (Å²) in [6.45, 7) is 11.6. The number of nitrogens with one attached hydrogen (secondary N) is 2. The Bertz CT molecular complexity index is 548. The van der Waals surface area contributed by atoms with Crippen LogP contribution in [0.3, 0.4) is 0 Å². The lowest BCUT2D eigenvalue weighted by molar-refractivity contribution is 0.166. The zero-order valence-corrected chi connectivity index (χ0v) is 17.6. The highest BCUT2D eigenvalue weighted by molar-refractivity contribution is 14.1. The quantitative estimate of drug-likeness (QED) is 0.180. The van der Waals surface area contributed by atoms with Gasteiger partial charge in [0.15, 0.2) is 11.6 Å². The summed E-state index contributed by atoms with van der Waals surface area (Å²) in [5, 5.41) is 10.9. The molecule has 0 saturated carbocycles. The zero-order valence-electron chi connectivity index (χ0n) is 14.4. The number of rotatable bonds is 9. The maximum Gasteiger partial charge on any atom is 0.167 e. The first-order chi connectivity index (χ1) is 10.6. The SMILES string of the molecule is CC(C)Oc1cc(C(=N)I)c(NCOCC[Si](C)(C)C)cc1F. The third-order valence-electron chi connectivity index (χ3n) is 3.03. The Kier molecular flexibility index (Phi) is 7.95. The van der Waals surface area contributed by atoms with Crippen LogP contribution in [0.1, 0.15) is 19.4 Å². The van der Waals surface area contributed by atoms with Gasteiger partial charge in [0.2, 0.25) is 0 Å². The van der Waals surface area contributed by atoms with Crippen LogP contribution in [-0.2, 0) is 4.74 Å². The largest absolute Gasteiger partial charge is 0.488 e. The second kappa shape index (κ2) is 8.98. The maximum absolute atomic E-state index is 14.1. The minimum Gasteiger partial charge on any atom is -0.488 e. The van der Waals surface area contributed by atoms with E-state index in [0.29, 0.717) is 28.3 Å². The third-order valence-corrected chi connectivity index (χ3v) is 5.32. The average Bonchev–Trinajstić information content (AvgIpc) is 2.39. The standard InChI is InChI=1S/C16H26FIN2O2Si/c1-11(2)22-15-8-12(16(18)19)14(9-13(15)17)20-10-21-6-7-23(3,4)5/h8-9,11,19-20H,6-7,10H2,1-5H3. The van der Waals surface area contributed by atoms with Gasteiger partial charge in [0, 0.05) is 32.0 Å². The normalized spacial score (nSPS) is 11.7. The van der Waals surface area contributed by atoms with E-state index in [4.69, 9.17) is 14.9 Å². The lowest BCUT2D eigenvalue weighted by atomic mass is 10.1. The first-order valence-electron chi connectivity index (χ1n) is 7.66. The van der Waals surface area contributed by atoms with Gasteiger partial charge in [-0.1, -0.05) is 19.6 Å². The topological polar surface area (TPSA) is 54.3 Å². The molecule has 0 aliphatic heterocycles. The predicted molar refractivity (Wildman–Crippen MR) is 106 cm³/mol. The monoisotopic (exact) mass is 452 g/mol. The molecule has 0 fully saturated rings. The highest BCUT2D eigenvalue weighted by Gasteiger charge is 2.15. The van der Waals surface area contributed by atoms with Crippen LogP contribution in [0.4, 0.5) is 10.1 Å². The van der Waals surface area contributed by atoms with Crippen LogP contribution in [0.25, 0.3) is 0 Å². The summed E-state index contributed by atoms with van der Waals surface area (Å²) in [5.41, 5.74) is 1.16. The molecule has 1 rings (SSSR count). The molecule has 4 nitrogen and oxygen atoms in total. The Morgan fingerprint density at radius 3 is 2.52 bits per heavy atom. The lowest BCUT2D eigenvalue weighted by Gasteiger charge is -2.17. The highest BCUT2D eigenvalue weighted by Crippen LogP contribution is 2.28. The summed E-state index contributed by atoms with van der Waals surface area (Å²) in [6.07, 6.45) is -0.121. The van der Waals surface area contributed by atoms with E-state index in [-0.39, 0.29) is 11.9 Å². The van der Waals surface area contributed by atoms with E-state index >= 15 is 0 Å². The summed E-state index contributed by atoms with van der Waals surface area (Å²) < 4.78 is 25.5. The number of anilines is 1. The van der Waals surface area contributed by atoms with Crippen LogP contribution >= 0.6 is 22.6 Å². The van der Waals surface area contributed by atoms with Gasteiger partial charge in [-0.15, -0.1) is 0 Å². The van der Waals surface area contributed by atoms with E-state index in [1.54, 1.807) is 6.07 Å². The summed E-state index contributed by atoms with van der Waals surface area (Å²) >= 11 is 1.90. The molecule has 2 N–H and O–H groups in total. The average molecular weight is 452 g/mol. The number of benzene rings is 1. The Hall–Kier alpha value is -0.673. The minimum atomic E-state index is -1.11. The van der Waals surface area contributed by atoms with E-state index in [9.17, 15) is 4.39 Å². The van der Waals surface area contributed by atoms with Crippen LogP contribution < -0.4 is 10.1 Å². The van der Waals surface area contributed by atoms with Crippen molar-refractivity contribution < 1.29 is 13.9 Å². The fraction of sp³-hybridized carbons (Fsp3) is 0.562. The Morgan fingerprint density at radius 2 is 2.00 bits per heavy atom. The molecule has 0 aliphatic carbocycles. The third kappa shape index (κ3) is 7.62. The summed E-state index contributed by atoms with van der Waals surface area (Å²) in [4.78, 5) is 0. The molecule has 1 aromatic rings. The maximum atomic E-state index is 14.1. The molecule has 0 aliphatic rings. The Labute approximate surface area is 152 Å². The number of hydrogen-bond acceptors (Lipinski definition) is 4. The van der Waals surface area contributed by atoms with Gasteiger partial charge in [-0.2, -0.15) is 0 Å². The van der Waals surface area contributed by atoms with Gasteiger partial charge in [0.25, 0.3) is 0 Å². The molecule has 0 bridgehead atoms. The molecule has 0 saturated heterocycles. The van der Waals surface area contributed by atoms with Crippen molar-refractivity contribution in [2.45, 2.75) is 45.6 Å². The van der Waals surface area contributed by atoms with E-state index in [1.807, 2.05) is 36.4 Å². The molecule has 0 spiro atoms. The van der Waals surface area contributed by atoms with Crippen LogP contribution in [0, 0.1) is 11.2 Å². The van der Waals surface area contributed by atoms with Gasteiger partial charge in [-0.3, -0.25) is 5.41 Å². The molecule has 130 valence electrons. The van der Waals surface area contributed by atoms with Crippen molar-refractivity contribution >= 4 is 40.1 Å². The highest BCUT2D eigenvalue weighted by atomic mass is 127. The first kappa shape index (κ1) is 20.4. The molecule has 0 unspecified atom stereocenters. The van der Waals surface area contributed by atoms with Crippen LogP contribution in [0.2, 0.25) is 25.7 Å². The number of ether oxygens (including phenoxy) is 2. The van der Waals surface area contributed by atoms with Crippen LogP contribution in [0.5, 0.6) is 5.75 Å². The van der Waals surface area contributed by atoms with Gasteiger partial charge >= 0.3 is 0 Å². The molecular formula is C16H26FIN2O2Si. The van der Waals surface area contributed by atoms with Crippen LogP contribution in [-0.4, -0.2) is 31.2 Å². The number of halogens is 2. The molecule has 0 heterocycles. The number of hydrogen-bond donors (Lipinski definition) is 2. The molecule has 23 heavy (non-hydrogen) atoms. The summed E-state index contributed by atoms with van der Waals surface area (Å²) in [5.74, 6) is -0.272. The van der Waals surface area contributed by atoms with Gasteiger partial charge in [-0.05, 0) is 48.5 Å². The van der Waals surface area contributed by atoms with Crippen molar-refractivity contribution in [3.8, 4) is 5.75 Å². The molecule has 1 aromatic carbocycles. The fourth-order valence-electron chi connectivity index (χ4n) is 1.80. The smallest absolute Gasteiger partial charge is 0.167 e.